The van der Waals surface area contributed by atoms with E-state index in [9.17, 15) is 8.42 Å². The second kappa shape index (κ2) is 5.91. The Kier molecular flexibility index (Phi) is 4.12. The number of sulfonamides is 1. The van der Waals surface area contributed by atoms with Gasteiger partial charge in [-0.1, -0.05) is 53.5 Å². The Morgan fingerprint density at radius 3 is 2.41 bits per heavy atom. The zero-order chi connectivity index (χ0) is 15.7. The van der Waals surface area contributed by atoms with Crippen molar-refractivity contribution in [1.29, 1.82) is 0 Å². The van der Waals surface area contributed by atoms with E-state index >= 15 is 0 Å². The van der Waals surface area contributed by atoms with Crippen LogP contribution in [0.15, 0.2) is 58.4 Å². The van der Waals surface area contributed by atoms with E-state index in [-0.39, 0.29) is 9.92 Å². The molecule has 0 amide bonds. The molecule has 1 aliphatic rings. The number of benzene rings is 2. The molecule has 0 radical (unpaired) electrons. The number of rotatable bonds is 3. The first-order valence-corrected chi connectivity index (χ1v) is 8.77. The van der Waals surface area contributed by atoms with Crippen LogP contribution in [-0.2, 0) is 10.0 Å². The summed E-state index contributed by atoms with van der Waals surface area (Å²) in [6, 6.07) is 13.5. The fourth-order valence-corrected chi connectivity index (χ4v) is 4.09. The van der Waals surface area contributed by atoms with Crippen molar-refractivity contribution in [2.24, 2.45) is 4.99 Å². The van der Waals surface area contributed by atoms with Crippen LogP contribution in [0.25, 0.3) is 0 Å². The van der Waals surface area contributed by atoms with Crippen molar-refractivity contribution in [1.82, 2.24) is 4.31 Å². The fraction of sp³-hybridized carbons (Fsp3) is 0.133. The number of halogens is 2. The zero-order valence-electron chi connectivity index (χ0n) is 11.4. The monoisotopic (exact) mass is 354 g/mol. The molecule has 3 rings (SSSR count). The molecular formula is C15H12Cl2N2O2S. The van der Waals surface area contributed by atoms with E-state index in [2.05, 4.69) is 4.99 Å². The molecule has 1 aliphatic heterocycles. The first-order valence-electron chi connectivity index (χ1n) is 6.58. The van der Waals surface area contributed by atoms with E-state index in [1.807, 2.05) is 30.3 Å². The molecule has 1 heterocycles. The number of amidine groups is 1. The van der Waals surface area contributed by atoms with Gasteiger partial charge < -0.3 is 0 Å². The molecule has 22 heavy (non-hydrogen) atoms. The highest BCUT2D eigenvalue weighted by Gasteiger charge is 2.31. The summed E-state index contributed by atoms with van der Waals surface area (Å²) in [5.74, 6) is 0.451. The molecule has 0 bridgehead atoms. The molecule has 0 spiro atoms. The smallest absolute Gasteiger partial charge is 0.265 e. The van der Waals surface area contributed by atoms with Crippen LogP contribution in [0.1, 0.15) is 5.56 Å². The van der Waals surface area contributed by atoms with E-state index < -0.39 is 10.0 Å². The summed E-state index contributed by atoms with van der Waals surface area (Å²) >= 11 is 11.8. The van der Waals surface area contributed by atoms with Crippen molar-refractivity contribution in [3.63, 3.8) is 0 Å². The van der Waals surface area contributed by atoms with Crippen LogP contribution in [0.4, 0.5) is 0 Å². The second-order valence-corrected chi connectivity index (χ2v) is 7.40. The summed E-state index contributed by atoms with van der Waals surface area (Å²) in [6.45, 7) is 0.748. The summed E-state index contributed by atoms with van der Waals surface area (Å²) in [5, 5.41) is 0.527. The third-order valence-electron chi connectivity index (χ3n) is 3.31. The van der Waals surface area contributed by atoms with Gasteiger partial charge in [-0.25, -0.2) is 12.7 Å². The van der Waals surface area contributed by atoms with Crippen LogP contribution < -0.4 is 0 Å². The van der Waals surface area contributed by atoms with Crippen molar-refractivity contribution < 1.29 is 8.42 Å². The first-order chi connectivity index (χ1) is 10.5. The van der Waals surface area contributed by atoms with Crippen molar-refractivity contribution >= 4 is 39.1 Å². The van der Waals surface area contributed by atoms with Crippen LogP contribution in [-0.4, -0.2) is 31.6 Å². The van der Waals surface area contributed by atoms with Gasteiger partial charge in [-0.15, -0.1) is 0 Å². The lowest BCUT2D eigenvalue weighted by Gasteiger charge is -2.20. The van der Waals surface area contributed by atoms with Gasteiger partial charge in [-0.05, 0) is 18.2 Å². The summed E-state index contributed by atoms with van der Waals surface area (Å²) in [7, 11) is -3.72. The van der Waals surface area contributed by atoms with Gasteiger partial charge in [0.1, 0.15) is 5.84 Å². The van der Waals surface area contributed by atoms with Crippen LogP contribution in [0, 0.1) is 0 Å². The van der Waals surface area contributed by atoms with Crippen molar-refractivity contribution in [3.05, 3.63) is 64.1 Å². The molecule has 0 saturated heterocycles. The molecule has 2 aromatic rings. The molecule has 0 aliphatic carbocycles. The van der Waals surface area contributed by atoms with Gasteiger partial charge in [0.25, 0.3) is 10.0 Å². The van der Waals surface area contributed by atoms with E-state index in [1.54, 1.807) is 0 Å². The maximum atomic E-state index is 12.8. The molecule has 2 aromatic carbocycles. The van der Waals surface area contributed by atoms with Gasteiger partial charge in [-0.3, -0.25) is 4.99 Å². The van der Waals surface area contributed by atoms with Gasteiger partial charge in [0, 0.05) is 5.56 Å². The molecule has 0 atom stereocenters. The van der Waals surface area contributed by atoms with Gasteiger partial charge in [0.05, 0.1) is 28.0 Å². The van der Waals surface area contributed by atoms with E-state index in [1.165, 1.54) is 22.5 Å². The molecule has 114 valence electrons. The topological polar surface area (TPSA) is 49.7 Å². The minimum absolute atomic E-state index is 0.104. The fourth-order valence-electron chi connectivity index (χ4n) is 2.25. The maximum Gasteiger partial charge on any atom is 0.265 e. The van der Waals surface area contributed by atoms with E-state index in [0.717, 1.165) is 5.56 Å². The molecule has 0 unspecified atom stereocenters. The van der Waals surface area contributed by atoms with E-state index in [4.69, 9.17) is 23.2 Å². The molecule has 4 nitrogen and oxygen atoms in total. The summed E-state index contributed by atoms with van der Waals surface area (Å²) < 4.78 is 27.0. The molecule has 0 aromatic heterocycles. The zero-order valence-corrected chi connectivity index (χ0v) is 13.7. The SMILES string of the molecule is O=S(=O)(c1ccc(Cl)c(Cl)c1)N1CCN=C1c1ccccc1. The lowest BCUT2D eigenvalue weighted by atomic mass is 10.2. The lowest BCUT2D eigenvalue weighted by molar-refractivity contribution is 0.538. The average molecular weight is 355 g/mol. The average Bonchev–Trinajstić information content (AvgIpc) is 3.01. The highest BCUT2D eigenvalue weighted by atomic mass is 35.5. The number of hydrogen-bond donors (Lipinski definition) is 0. The summed E-state index contributed by atoms with van der Waals surface area (Å²) in [4.78, 5) is 4.43. The molecular weight excluding hydrogens is 343 g/mol. The van der Waals surface area contributed by atoms with Gasteiger partial charge in [0.15, 0.2) is 0 Å². The van der Waals surface area contributed by atoms with Crippen LogP contribution in [0.5, 0.6) is 0 Å². The van der Waals surface area contributed by atoms with Crippen molar-refractivity contribution in [3.8, 4) is 0 Å². The maximum absolute atomic E-state index is 12.8. The third kappa shape index (κ3) is 2.72. The van der Waals surface area contributed by atoms with Crippen molar-refractivity contribution in [2.75, 3.05) is 13.1 Å². The van der Waals surface area contributed by atoms with Crippen LogP contribution in [0.2, 0.25) is 10.0 Å². The van der Waals surface area contributed by atoms with Gasteiger partial charge in [0.2, 0.25) is 0 Å². The van der Waals surface area contributed by atoms with Crippen LogP contribution in [0.3, 0.4) is 0 Å². The molecule has 0 N–H and O–H groups in total. The Labute approximate surface area is 139 Å². The molecule has 7 heteroatoms. The number of nitrogens with zero attached hydrogens (tertiary/aromatic N) is 2. The first kappa shape index (κ1) is 15.3. The second-order valence-electron chi connectivity index (χ2n) is 4.72. The molecule has 0 saturated carbocycles. The Hall–Kier alpha value is -1.56. The highest BCUT2D eigenvalue weighted by Crippen LogP contribution is 2.28. The molecule has 0 fully saturated rings. The number of aliphatic imine (C=N–C) groups is 1. The van der Waals surface area contributed by atoms with Gasteiger partial charge in [-0.2, -0.15) is 0 Å². The van der Waals surface area contributed by atoms with E-state index in [0.29, 0.717) is 23.9 Å². The lowest BCUT2D eigenvalue weighted by Crippen LogP contribution is -2.34. The normalized spacial score (nSPS) is 15.0. The minimum atomic E-state index is -3.72. The number of hydrogen-bond acceptors (Lipinski definition) is 3. The predicted octanol–water partition coefficient (Wildman–Crippen LogP) is 3.44. The summed E-state index contributed by atoms with van der Waals surface area (Å²) in [6.07, 6.45) is 0. The predicted molar refractivity (Wildman–Crippen MR) is 88.2 cm³/mol. The van der Waals surface area contributed by atoms with Crippen LogP contribution >= 0.6 is 23.2 Å². The van der Waals surface area contributed by atoms with Gasteiger partial charge >= 0.3 is 0 Å². The Bertz CT molecular complexity index is 836. The Morgan fingerprint density at radius 1 is 1.00 bits per heavy atom. The quantitative estimate of drug-likeness (QED) is 0.847. The van der Waals surface area contributed by atoms with Crippen molar-refractivity contribution in [2.45, 2.75) is 4.90 Å². The third-order valence-corrected chi connectivity index (χ3v) is 5.84. The minimum Gasteiger partial charge on any atom is -0.265 e. The Morgan fingerprint density at radius 2 is 1.73 bits per heavy atom. The Balaban J connectivity index is 2.02. The largest absolute Gasteiger partial charge is 0.265 e. The summed E-state index contributed by atoms with van der Waals surface area (Å²) in [5.41, 5.74) is 0.767. The standard InChI is InChI=1S/C15H12Cl2N2O2S/c16-13-7-6-12(10-14(13)17)22(20,21)19-9-8-18-15(19)11-4-2-1-3-5-11/h1-7,10H,8-9H2. The highest BCUT2D eigenvalue weighted by molar-refractivity contribution is 7.89.